The highest BCUT2D eigenvalue weighted by Gasteiger charge is 2.22. The van der Waals surface area contributed by atoms with E-state index in [0.29, 0.717) is 35.9 Å². The minimum absolute atomic E-state index is 0.114. The van der Waals surface area contributed by atoms with Crippen molar-refractivity contribution < 1.29 is 4.74 Å². The molecule has 1 atom stereocenters. The fourth-order valence-electron chi connectivity index (χ4n) is 5.55. The smallest absolute Gasteiger partial charge is 0.261 e. The minimum atomic E-state index is -0.124. The number of pyridine rings is 1. The van der Waals surface area contributed by atoms with Gasteiger partial charge < -0.3 is 25.6 Å². The molecule has 2 saturated heterocycles. The van der Waals surface area contributed by atoms with Crippen LogP contribution in [-0.2, 0) is 6.54 Å². The van der Waals surface area contributed by atoms with Crippen molar-refractivity contribution in [2.45, 2.75) is 51.3 Å². The van der Waals surface area contributed by atoms with Crippen LogP contribution in [0.1, 0.15) is 43.1 Å². The maximum atomic E-state index is 14.0. The first-order valence-corrected chi connectivity index (χ1v) is 14.8. The van der Waals surface area contributed by atoms with Crippen LogP contribution < -0.4 is 26.2 Å². The second-order valence-corrected chi connectivity index (χ2v) is 11.4. The van der Waals surface area contributed by atoms with Crippen molar-refractivity contribution in [3.63, 3.8) is 0 Å². The van der Waals surface area contributed by atoms with Crippen molar-refractivity contribution in [3.05, 3.63) is 64.5 Å². The summed E-state index contributed by atoms with van der Waals surface area (Å²) in [6, 6.07) is 9.82. The minimum Gasteiger partial charge on any atom is -0.490 e. The van der Waals surface area contributed by atoms with Gasteiger partial charge in [-0.3, -0.25) is 9.36 Å². The molecule has 11 nitrogen and oxygen atoms in total. The number of ether oxygens (including phenoxy) is 1. The van der Waals surface area contributed by atoms with Gasteiger partial charge in [0.05, 0.1) is 17.3 Å². The first kappa shape index (κ1) is 28.2. The Morgan fingerprint density at radius 2 is 1.86 bits per heavy atom. The summed E-state index contributed by atoms with van der Waals surface area (Å²) in [5.74, 6) is 2.01. The van der Waals surface area contributed by atoms with Gasteiger partial charge in [0, 0.05) is 36.6 Å². The molecule has 0 amide bonds. The second kappa shape index (κ2) is 12.5. The average molecular weight is 570 g/mol. The van der Waals surface area contributed by atoms with Crippen molar-refractivity contribution in [1.82, 2.24) is 40.0 Å². The summed E-state index contributed by atoms with van der Waals surface area (Å²) in [6.45, 7) is 6.04. The van der Waals surface area contributed by atoms with E-state index >= 15 is 0 Å². The van der Waals surface area contributed by atoms with Crippen LogP contribution in [0.2, 0.25) is 0 Å². The van der Waals surface area contributed by atoms with Crippen LogP contribution in [0.15, 0.2) is 47.5 Å². The van der Waals surface area contributed by atoms with E-state index in [1.54, 1.807) is 10.8 Å². The van der Waals surface area contributed by atoms with Crippen molar-refractivity contribution in [1.29, 1.82) is 0 Å². The zero-order valence-electron chi connectivity index (χ0n) is 24.6. The predicted molar refractivity (Wildman–Crippen MR) is 164 cm³/mol. The molecule has 11 heteroatoms. The van der Waals surface area contributed by atoms with Crippen molar-refractivity contribution in [3.8, 4) is 17.0 Å². The number of rotatable bonds is 9. The van der Waals surface area contributed by atoms with Gasteiger partial charge in [-0.25, -0.2) is 15.0 Å². The van der Waals surface area contributed by atoms with Crippen LogP contribution in [0.5, 0.6) is 5.75 Å². The molecule has 0 radical (unpaired) electrons. The summed E-state index contributed by atoms with van der Waals surface area (Å²) in [7, 11) is 3.99. The van der Waals surface area contributed by atoms with Gasteiger partial charge in [-0.2, -0.15) is 4.98 Å². The lowest BCUT2D eigenvalue weighted by atomic mass is 10.1. The zero-order valence-corrected chi connectivity index (χ0v) is 24.6. The van der Waals surface area contributed by atoms with Gasteiger partial charge in [-0.1, -0.05) is 0 Å². The van der Waals surface area contributed by atoms with E-state index in [2.05, 4.69) is 30.8 Å². The molecule has 0 spiro atoms. The Balaban J connectivity index is 1.31. The number of nitrogens with one attached hydrogen (secondary N) is 3. The Bertz CT molecular complexity index is 1590. The summed E-state index contributed by atoms with van der Waals surface area (Å²) in [6.07, 6.45) is 7.94. The third-order valence-corrected chi connectivity index (χ3v) is 7.91. The number of hydrogen-bond acceptors (Lipinski definition) is 10. The molecule has 1 aromatic carbocycles. The molecule has 3 aromatic heterocycles. The van der Waals surface area contributed by atoms with E-state index in [4.69, 9.17) is 14.7 Å². The summed E-state index contributed by atoms with van der Waals surface area (Å²) < 4.78 is 7.87. The van der Waals surface area contributed by atoms with Gasteiger partial charge in [-0.05, 0) is 102 Å². The van der Waals surface area contributed by atoms with Gasteiger partial charge >= 0.3 is 0 Å². The highest BCUT2D eigenvalue weighted by molar-refractivity contribution is 5.81. The molecule has 3 N–H and O–H groups in total. The van der Waals surface area contributed by atoms with Crippen LogP contribution in [0, 0.1) is 6.92 Å². The van der Waals surface area contributed by atoms with Crippen LogP contribution in [0.25, 0.3) is 22.3 Å². The molecule has 2 aliphatic rings. The Kier molecular flexibility index (Phi) is 8.41. The van der Waals surface area contributed by atoms with E-state index in [-0.39, 0.29) is 17.7 Å². The van der Waals surface area contributed by atoms with E-state index in [1.165, 1.54) is 0 Å². The molecule has 5 heterocycles. The van der Waals surface area contributed by atoms with Gasteiger partial charge in [0.2, 0.25) is 5.95 Å². The standard InChI is InChI=1S/C31H39N9O2/c1-20-18-34-28(26-5-4-12-33-26)37-27(20)25-17-21-19-35-31(38-29(21)40(30(25)41)16-15-39(2)3)36-22-6-8-23(9-7-22)42-24-10-13-32-14-11-24/h6-9,17-19,24,26,32-33H,4-5,10-16H2,1-3H3,(H,35,36,38). The molecular weight excluding hydrogens is 530 g/mol. The number of hydrogen-bond donors (Lipinski definition) is 3. The summed E-state index contributed by atoms with van der Waals surface area (Å²) in [4.78, 5) is 34.9. The number of likely N-dealkylation sites (N-methyl/N-ethyl adjacent to an activating group) is 1. The molecule has 2 aliphatic heterocycles. The number of aryl methyl sites for hydroxylation is 1. The number of aromatic nitrogens is 5. The van der Waals surface area contributed by atoms with E-state index in [9.17, 15) is 4.79 Å². The molecular formula is C31H39N9O2. The molecule has 6 rings (SSSR count). The maximum absolute atomic E-state index is 14.0. The van der Waals surface area contributed by atoms with E-state index in [1.807, 2.05) is 57.5 Å². The molecule has 4 aromatic rings. The van der Waals surface area contributed by atoms with Gasteiger partial charge in [-0.15, -0.1) is 0 Å². The normalized spacial score (nSPS) is 17.7. The second-order valence-electron chi connectivity index (χ2n) is 11.4. The highest BCUT2D eigenvalue weighted by Crippen LogP contribution is 2.27. The number of nitrogens with zero attached hydrogens (tertiary/aromatic N) is 6. The Hall–Kier alpha value is -3.93. The first-order chi connectivity index (χ1) is 20.4. The SMILES string of the molecule is Cc1cnc(C2CCCN2)nc1-c1cc2cnc(Nc3ccc(OC4CCNCC4)cc3)nc2n(CCN(C)C)c1=O. The lowest BCUT2D eigenvalue weighted by molar-refractivity contribution is 0.162. The summed E-state index contributed by atoms with van der Waals surface area (Å²) in [5, 5.41) is 10.9. The van der Waals surface area contributed by atoms with E-state index < -0.39 is 0 Å². The van der Waals surface area contributed by atoms with Crippen LogP contribution in [0.3, 0.4) is 0 Å². The number of benzene rings is 1. The van der Waals surface area contributed by atoms with Crippen LogP contribution in [-0.4, -0.2) is 75.8 Å². The first-order valence-electron chi connectivity index (χ1n) is 14.8. The lowest BCUT2D eigenvalue weighted by Gasteiger charge is -2.23. The highest BCUT2D eigenvalue weighted by atomic mass is 16.5. The fourth-order valence-corrected chi connectivity index (χ4v) is 5.55. The third kappa shape index (κ3) is 6.28. The van der Waals surface area contributed by atoms with Crippen molar-refractivity contribution >= 4 is 22.7 Å². The molecule has 42 heavy (non-hydrogen) atoms. The average Bonchev–Trinajstić information content (AvgIpc) is 3.54. The lowest BCUT2D eigenvalue weighted by Crippen LogP contribution is -2.34. The Labute approximate surface area is 245 Å². The maximum Gasteiger partial charge on any atom is 0.261 e. The van der Waals surface area contributed by atoms with Gasteiger partial charge in [0.15, 0.2) is 0 Å². The molecule has 2 fully saturated rings. The van der Waals surface area contributed by atoms with Crippen molar-refractivity contribution in [2.75, 3.05) is 45.6 Å². The third-order valence-electron chi connectivity index (χ3n) is 7.91. The van der Waals surface area contributed by atoms with Crippen molar-refractivity contribution in [2.24, 2.45) is 0 Å². The van der Waals surface area contributed by atoms with Gasteiger partial charge in [0.25, 0.3) is 5.56 Å². The molecule has 1 unspecified atom stereocenters. The summed E-state index contributed by atoms with van der Waals surface area (Å²) in [5.41, 5.74) is 3.36. The Morgan fingerprint density at radius 3 is 2.60 bits per heavy atom. The number of piperidine rings is 1. The van der Waals surface area contributed by atoms with Crippen LogP contribution >= 0.6 is 0 Å². The quantitative estimate of drug-likeness (QED) is 0.276. The molecule has 220 valence electrons. The summed E-state index contributed by atoms with van der Waals surface area (Å²) >= 11 is 0. The number of anilines is 2. The predicted octanol–water partition coefficient (Wildman–Crippen LogP) is 3.42. The largest absolute Gasteiger partial charge is 0.490 e. The molecule has 0 aliphatic carbocycles. The molecule has 0 saturated carbocycles. The Morgan fingerprint density at radius 1 is 1.05 bits per heavy atom. The topological polar surface area (TPSA) is 122 Å². The molecule has 0 bridgehead atoms. The van der Waals surface area contributed by atoms with E-state index in [0.717, 1.165) is 73.5 Å². The van der Waals surface area contributed by atoms with Gasteiger partial charge in [0.1, 0.15) is 23.3 Å². The number of fused-ring (bicyclic) bond motifs is 1. The monoisotopic (exact) mass is 569 g/mol. The zero-order chi connectivity index (χ0) is 29.1. The fraction of sp³-hybridized carbons (Fsp3) is 0.452. The van der Waals surface area contributed by atoms with Crippen LogP contribution in [0.4, 0.5) is 11.6 Å².